The number of hydrogen-bond acceptors (Lipinski definition) is 0. The molecule has 70 saturated carbocycles. The van der Waals surface area contributed by atoms with Gasteiger partial charge in [-0.15, -0.1) is 0 Å². The van der Waals surface area contributed by atoms with Crippen LogP contribution in [0.2, 0.25) is 0 Å². The molecule has 0 aromatic rings. The largest absolute Gasteiger partial charge is 0.0651 e. The lowest BCUT2D eigenvalue weighted by molar-refractivity contribution is -0.852. The standard InChI is InChI=1S/C146H158/c1-10-46-71-62-36(27(2)28(3)56-95-81(97(71)124(46,95)7)82-96(56)125(8)100(82)83-99-79-67-40-19-38(58(40)76(67)98(79)126(99,9)117(83)125)37-18-39-54-29(4)30(5)55(54)57(37)39)17-41(59-47-21-52-90-108-112-116-121-129-26-131(121)102(86-31(6)139(112,142(86,116)131)132(108)24-53-89(59)135(47,52)140(53,90)132)84-106-109-91-48-13-32-16-51-94-114-123(129)137(106,118(84)129)145(109,114)143(91,94)133(32,48)51)63-64-42(65-73(64)75-74(65)69-45-23-127(88(45)78(69)75)22-44-68-60-34-11-12-35(34)61(60)77(68)87(44)127)20-43-66(72(62)63)80-101-70(43)104-115-120-128-25-130(120)103(111-105(80)136(101,104)141(111,115)130)85-107-110-92-49-14-33-15-50-93-113-122(128)138(107,119(85)128)146(110,113)144(92,93)134(33,49)50/h27-123H,10-26H2,1-9H3. The van der Waals surface area contributed by atoms with E-state index in [2.05, 4.69) is 62.3 Å². The zero-order valence-corrected chi connectivity index (χ0v) is 88.5. The summed E-state index contributed by atoms with van der Waals surface area (Å²) in [5, 5.41) is 0. The summed E-state index contributed by atoms with van der Waals surface area (Å²) < 4.78 is 0. The lowest BCUT2D eigenvalue weighted by Crippen LogP contribution is -3.28. The first-order valence-corrected chi connectivity index (χ1v) is 71.6. The molecule has 742 valence electrons. The van der Waals surface area contributed by atoms with E-state index in [-0.39, 0.29) is 0 Å². The van der Waals surface area contributed by atoms with Crippen molar-refractivity contribution in [2.45, 2.75) is 171 Å². The Balaban J connectivity index is 0.356. The highest BCUT2D eigenvalue weighted by Gasteiger charge is 3.34. The van der Waals surface area contributed by atoms with E-state index in [0.29, 0.717) is 10.8 Å². The first kappa shape index (κ1) is 67.7. The van der Waals surface area contributed by atoms with E-state index < -0.39 is 0 Å². The summed E-state index contributed by atoms with van der Waals surface area (Å²) in [5.41, 5.74) is 21.8. The molecule has 70 rings (SSSR count). The van der Waals surface area contributed by atoms with Gasteiger partial charge in [-0.25, -0.2) is 0 Å². The molecule has 20 spiro atoms. The fraction of sp³-hybridized carbons (Fsp3) is 1.00. The van der Waals surface area contributed by atoms with Gasteiger partial charge in [0.25, 0.3) is 0 Å². The monoisotopic (exact) mass is 1910 g/mol. The van der Waals surface area contributed by atoms with Crippen LogP contribution in [0, 0.1) is 699 Å². The van der Waals surface area contributed by atoms with E-state index in [0.717, 1.165) is 191 Å². The van der Waals surface area contributed by atoms with Gasteiger partial charge in [-0.1, -0.05) is 68.7 Å². The van der Waals surface area contributed by atoms with Gasteiger partial charge in [0, 0.05) is 0 Å². The van der Waals surface area contributed by atoms with E-state index >= 15 is 0 Å². The highest BCUT2D eigenvalue weighted by molar-refractivity contribution is 5.80. The molecule has 0 amide bonds. The maximum atomic E-state index is 3.36. The summed E-state index contributed by atoms with van der Waals surface area (Å²) in [6.07, 6.45) is 30.7. The van der Waals surface area contributed by atoms with E-state index in [1.807, 2.05) is 51.4 Å². The Hall–Kier alpha value is 0. The topological polar surface area (TPSA) is 0 Å². The highest BCUT2D eigenvalue weighted by Crippen LogP contribution is 3.37. The van der Waals surface area contributed by atoms with Crippen molar-refractivity contribution in [1.29, 1.82) is 0 Å². The Morgan fingerprint density at radius 3 is 1.32 bits per heavy atom. The molecule has 0 heteroatoms. The van der Waals surface area contributed by atoms with Crippen LogP contribution in [-0.4, -0.2) is 0 Å². The molecule has 0 radical (unpaired) electrons. The second-order valence-electron chi connectivity index (χ2n) is 83.8. The molecule has 120 atom stereocenters. The van der Waals surface area contributed by atoms with Gasteiger partial charge in [0.15, 0.2) is 0 Å². The van der Waals surface area contributed by atoms with Crippen LogP contribution in [0.25, 0.3) is 0 Å². The zero-order chi connectivity index (χ0) is 88.5. The average molecular weight is 1910 g/mol. The predicted octanol–water partition coefficient (Wildman–Crippen LogP) is 23.2. The smallest absolute Gasteiger partial charge is 0.00959 e. The molecule has 0 aromatic heterocycles. The van der Waals surface area contributed by atoms with Crippen LogP contribution in [0.3, 0.4) is 0 Å². The van der Waals surface area contributed by atoms with Gasteiger partial charge in [-0.3, -0.25) is 0 Å². The minimum atomic E-state index is 0.679. The number of rotatable bonds is 3. The minimum absolute atomic E-state index is 0.679. The average Bonchev–Trinajstić information content (AvgIpc) is 0.563. The maximum absolute atomic E-state index is 3.36. The second kappa shape index (κ2) is 15.1. The maximum Gasteiger partial charge on any atom is -0.00959 e. The molecule has 146 heavy (non-hydrogen) atoms. The molecule has 0 aromatic carbocycles. The molecule has 0 heterocycles. The van der Waals surface area contributed by atoms with E-state index in [1.54, 1.807) is 57.8 Å². The fourth-order valence-electron chi connectivity index (χ4n) is 107. The summed E-state index contributed by atoms with van der Waals surface area (Å²) in [7, 11) is 0. The van der Waals surface area contributed by atoms with Crippen molar-refractivity contribution in [2.75, 3.05) is 0 Å². The molecule has 10 bridgehead atoms. The fourth-order valence-corrected chi connectivity index (χ4v) is 107. The van der Waals surface area contributed by atoms with Gasteiger partial charge in [-0.2, -0.15) is 0 Å². The third kappa shape index (κ3) is 3.37. The Morgan fingerprint density at radius 2 is 0.630 bits per heavy atom. The number of fused-ring (bicyclic) bond motifs is 81. The summed E-state index contributed by atoms with van der Waals surface area (Å²) in [6, 6.07) is 0. The number of hydrogen-bond donors (Lipinski definition) is 0. The third-order valence-electron chi connectivity index (χ3n) is 98.1. The van der Waals surface area contributed by atoms with Gasteiger partial charge in [0.1, 0.15) is 0 Å². The van der Waals surface area contributed by atoms with Crippen molar-refractivity contribution < 1.29 is 0 Å². The molecule has 70 aliphatic carbocycles. The van der Waals surface area contributed by atoms with E-state index in [1.165, 1.54) is 497 Å². The van der Waals surface area contributed by atoms with Crippen LogP contribution in [0.4, 0.5) is 0 Å². The molecule has 70 fully saturated rings. The van der Waals surface area contributed by atoms with Crippen LogP contribution in [0.5, 0.6) is 0 Å². The van der Waals surface area contributed by atoms with Gasteiger partial charge in [0.2, 0.25) is 0 Å². The first-order valence-electron chi connectivity index (χ1n) is 71.6. The normalized spacial score (nSPS) is 105. The van der Waals surface area contributed by atoms with Crippen LogP contribution < -0.4 is 0 Å². The van der Waals surface area contributed by atoms with Crippen LogP contribution >= 0.6 is 0 Å². The SMILES string of the molecule is CCC1C2C3C(CC(C4C5CC6C7C8C9C%10C%11C%12%13CC%11%14C(C%11C%15C%16C%17C%18CC%19CC%20C%21C%22C%12C%15(C%11%13)C%16%22C%17%21C%19%18%20)C%11C(C)C9(C89CC8C4C56C879)C%11%10%14)C4C5C(CC6C(C43)C3C4C6C6C7C8C9%10CC8%11C(C8C%12C%13C%14C%15CC%16CC%17C%18C%19C9C%12(C8%10)C%13%19C%14%18C%16%15%17)C8C3C46C87%11)C3C5C4C3C3C5CC6(CC7C8C9C%10CCC%10C9C8C76)C5C34)C(C)C(C)C3C4C(C5C3C3(C)C5C5C6C7C8C9CC(C%10CC%11C%12C(C)C(C)C%12C%10%11)C9C8C7C6(C)C53)C2C14C. The molecule has 0 aliphatic heterocycles. The van der Waals surface area contributed by atoms with Crippen LogP contribution in [-0.2, 0) is 0 Å². The molecular weight excluding hydrogens is 1750 g/mol. The Morgan fingerprint density at radius 1 is 0.199 bits per heavy atom. The minimum Gasteiger partial charge on any atom is -0.0651 e. The molecule has 120 unspecified atom stereocenters. The van der Waals surface area contributed by atoms with Crippen molar-refractivity contribution in [2.24, 2.45) is 699 Å². The van der Waals surface area contributed by atoms with Gasteiger partial charge in [0.05, 0.1) is 0 Å². The van der Waals surface area contributed by atoms with Crippen molar-refractivity contribution in [1.82, 2.24) is 0 Å². The van der Waals surface area contributed by atoms with Crippen molar-refractivity contribution in [3.8, 4) is 0 Å². The predicted molar refractivity (Wildman–Crippen MR) is 524 cm³/mol. The van der Waals surface area contributed by atoms with E-state index in [9.17, 15) is 0 Å². The second-order valence-corrected chi connectivity index (χ2v) is 83.8. The molecular formula is C146H158. The summed E-state index contributed by atoms with van der Waals surface area (Å²) in [4.78, 5) is 0. The summed E-state index contributed by atoms with van der Waals surface area (Å²) in [6.45, 7) is 28.1. The van der Waals surface area contributed by atoms with Crippen molar-refractivity contribution in [3.63, 3.8) is 0 Å². The summed E-state index contributed by atoms with van der Waals surface area (Å²) >= 11 is 0. The molecule has 0 saturated heterocycles. The molecule has 0 nitrogen and oxygen atoms in total. The van der Waals surface area contributed by atoms with Crippen LogP contribution in [0.15, 0.2) is 0 Å². The Labute approximate surface area is 863 Å². The van der Waals surface area contributed by atoms with Gasteiger partial charge in [-0.05, 0) is 801 Å². The quantitative estimate of drug-likeness (QED) is 0.247. The summed E-state index contributed by atoms with van der Waals surface area (Å²) in [5.74, 6) is 121. The van der Waals surface area contributed by atoms with Gasteiger partial charge < -0.3 is 0 Å². The Kier molecular flexibility index (Phi) is 7.00. The zero-order valence-electron chi connectivity index (χ0n) is 88.5. The highest BCUT2D eigenvalue weighted by atomic mass is 15.4. The molecule has 70 aliphatic rings. The molecule has 0 N–H and O–H groups in total. The first-order chi connectivity index (χ1) is 71.6. The van der Waals surface area contributed by atoms with E-state index in [4.69, 9.17) is 0 Å². The Bertz CT molecular complexity index is 7840. The van der Waals surface area contributed by atoms with Gasteiger partial charge >= 0.3 is 0 Å². The lowest BCUT2D eigenvalue weighted by atomic mass is 8.72. The van der Waals surface area contributed by atoms with Crippen molar-refractivity contribution >= 4 is 0 Å². The third-order valence-corrected chi connectivity index (χ3v) is 98.1. The van der Waals surface area contributed by atoms with Crippen LogP contribution in [0.1, 0.15) is 171 Å². The van der Waals surface area contributed by atoms with Crippen molar-refractivity contribution in [3.05, 3.63) is 0 Å². The lowest BCUT2D eigenvalue weighted by Gasteiger charge is -3.31.